The van der Waals surface area contributed by atoms with Gasteiger partial charge in [-0.25, -0.2) is 4.79 Å². The number of carbonyl (C=O) groups is 1. The highest BCUT2D eigenvalue weighted by Gasteiger charge is 2.34. The first-order chi connectivity index (χ1) is 10.4. The molecule has 0 fully saturated rings. The molecule has 4 nitrogen and oxygen atoms in total. The zero-order valence-electron chi connectivity index (χ0n) is 13.3. The summed E-state index contributed by atoms with van der Waals surface area (Å²) in [6.07, 6.45) is 2.93. The molecule has 0 radical (unpaired) electrons. The number of aromatic carboxylic acids is 1. The first-order valence-electron chi connectivity index (χ1n) is 7.59. The van der Waals surface area contributed by atoms with Crippen LogP contribution >= 0.6 is 11.3 Å². The molecule has 22 heavy (non-hydrogen) atoms. The highest BCUT2D eigenvalue weighted by atomic mass is 32.1. The van der Waals surface area contributed by atoms with E-state index in [2.05, 4.69) is 13.8 Å². The highest BCUT2D eigenvalue weighted by Crippen LogP contribution is 2.44. The molecule has 2 aliphatic rings. The van der Waals surface area contributed by atoms with Crippen LogP contribution in [-0.2, 0) is 22.3 Å². The maximum absolute atomic E-state index is 11.9. The fraction of sp³-hybridized carbons (Fsp3) is 0.588. The van der Waals surface area contributed by atoms with E-state index < -0.39 is 5.97 Å². The monoisotopic (exact) mass is 322 g/mol. The van der Waals surface area contributed by atoms with Crippen LogP contribution in [0.2, 0.25) is 0 Å². The van der Waals surface area contributed by atoms with Gasteiger partial charge in [-0.3, -0.25) is 0 Å². The van der Waals surface area contributed by atoms with Gasteiger partial charge in [0.1, 0.15) is 0 Å². The minimum Gasteiger partial charge on any atom is -0.478 e. The Balaban J connectivity index is 2.12. The molecule has 0 amide bonds. The fourth-order valence-electron chi connectivity index (χ4n) is 3.35. The van der Waals surface area contributed by atoms with Gasteiger partial charge in [0, 0.05) is 16.9 Å². The van der Waals surface area contributed by atoms with E-state index in [0.29, 0.717) is 25.4 Å². The summed E-state index contributed by atoms with van der Waals surface area (Å²) in [5.41, 5.74) is 3.81. The van der Waals surface area contributed by atoms with E-state index in [-0.39, 0.29) is 5.41 Å². The second kappa shape index (κ2) is 5.80. The molecule has 0 unspecified atom stereocenters. The third-order valence-electron chi connectivity index (χ3n) is 4.53. The largest absolute Gasteiger partial charge is 0.478 e. The van der Waals surface area contributed by atoms with Gasteiger partial charge in [-0.1, -0.05) is 13.8 Å². The third-order valence-corrected chi connectivity index (χ3v) is 5.88. The van der Waals surface area contributed by atoms with Gasteiger partial charge in [-0.2, -0.15) is 0 Å². The first kappa shape index (κ1) is 15.7. The zero-order chi connectivity index (χ0) is 15.9. The van der Waals surface area contributed by atoms with Crippen LogP contribution in [0.3, 0.4) is 0 Å². The van der Waals surface area contributed by atoms with Crippen LogP contribution < -0.4 is 0 Å². The van der Waals surface area contributed by atoms with E-state index in [1.807, 2.05) is 0 Å². The molecule has 0 aromatic carbocycles. The lowest BCUT2D eigenvalue weighted by Crippen LogP contribution is -2.22. The SMILES string of the molecule is COCC1=C(c2sc3c(c2C(=O)O)CC(C)(C)CC3)COC1. The molecular weight excluding hydrogens is 300 g/mol. The van der Waals surface area contributed by atoms with Crippen molar-refractivity contribution in [2.75, 3.05) is 26.9 Å². The molecule has 5 heteroatoms. The van der Waals surface area contributed by atoms with E-state index in [1.54, 1.807) is 18.4 Å². The van der Waals surface area contributed by atoms with Crippen molar-refractivity contribution < 1.29 is 19.4 Å². The summed E-state index contributed by atoms with van der Waals surface area (Å²) in [5.74, 6) is -0.818. The Labute approximate surface area is 134 Å². The highest BCUT2D eigenvalue weighted by molar-refractivity contribution is 7.13. The molecule has 0 bridgehead atoms. The molecule has 0 atom stereocenters. The molecule has 1 aromatic rings. The topological polar surface area (TPSA) is 55.8 Å². The Bertz CT molecular complexity index is 639. The van der Waals surface area contributed by atoms with Crippen LogP contribution in [-0.4, -0.2) is 38.0 Å². The Kier molecular flexibility index (Phi) is 4.14. The molecule has 1 aliphatic heterocycles. The van der Waals surface area contributed by atoms with Crippen molar-refractivity contribution in [1.82, 2.24) is 0 Å². The van der Waals surface area contributed by atoms with Crippen molar-refractivity contribution in [3.8, 4) is 0 Å². The Morgan fingerprint density at radius 2 is 2.18 bits per heavy atom. The van der Waals surface area contributed by atoms with Crippen LogP contribution in [0.4, 0.5) is 0 Å². The van der Waals surface area contributed by atoms with Crippen LogP contribution in [0.25, 0.3) is 5.57 Å². The predicted octanol–water partition coefficient (Wildman–Crippen LogP) is 3.39. The first-order valence-corrected chi connectivity index (χ1v) is 8.40. The number of hydrogen-bond acceptors (Lipinski definition) is 4. The number of carboxylic acids is 1. The summed E-state index contributed by atoms with van der Waals surface area (Å²) in [6.45, 7) is 5.96. The Hall–Kier alpha value is -1.17. The zero-order valence-corrected chi connectivity index (χ0v) is 14.1. The van der Waals surface area contributed by atoms with E-state index in [1.165, 1.54) is 4.88 Å². The summed E-state index contributed by atoms with van der Waals surface area (Å²) < 4.78 is 10.8. The molecule has 120 valence electrons. The Morgan fingerprint density at radius 3 is 2.86 bits per heavy atom. The standard InChI is InChI=1S/C17H22O4S/c1-17(2)5-4-13-11(6-17)14(16(18)19)15(22-13)12-9-21-8-10(12)7-20-3/h4-9H2,1-3H3,(H,18,19). The number of carboxylic acid groups (broad SMARTS) is 1. The van der Waals surface area contributed by atoms with Gasteiger partial charge in [0.2, 0.25) is 0 Å². The van der Waals surface area contributed by atoms with Crippen molar-refractivity contribution in [2.45, 2.75) is 33.1 Å². The van der Waals surface area contributed by atoms with Crippen LogP contribution in [0.5, 0.6) is 0 Å². The Morgan fingerprint density at radius 1 is 1.41 bits per heavy atom. The van der Waals surface area contributed by atoms with Gasteiger partial charge in [-0.15, -0.1) is 11.3 Å². The molecule has 0 saturated carbocycles. The fourth-order valence-corrected chi connectivity index (χ4v) is 4.74. The van der Waals surface area contributed by atoms with Gasteiger partial charge < -0.3 is 14.6 Å². The molecule has 1 N–H and O–H groups in total. The lowest BCUT2D eigenvalue weighted by Gasteiger charge is -2.29. The van der Waals surface area contributed by atoms with Crippen LogP contribution in [0, 0.1) is 5.41 Å². The average molecular weight is 322 g/mol. The van der Waals surface area contributed by atoms with Crippen molar-refractivity contribution in [1.29, 1.82) is 0 Å². The molecular formula is C17H22O4S. The number of rotatable bonds is 4. The number of ether oxygens (including phenoxy) is 2. The van der Waals surface area contributed by atoms with E-state index in [4.69, 9.17) is 9.47 Å². The summed E-state index contributed by atoms with van der Waals surface area (Å²) >= 11 is 1.64. The van der Waals surface area contributed by atoms with E-state index >= 15 is 0 Å². The number of aryl methyl sites for hydroxylation is 1. The number of fused-ring (bicyclic) bond motifs is 1. The van der Waals surface area contributed by atoms with Crippen molar-refractivity contribution in [3.05, 3.63) is 26.5 Å². The van der Waals surface area contributed by atoms with E-state index in [9.17, 15) is 9.90 Å². The second-order valence-electron chi connectivity index (χ2n) is 6.86. The molecule has 0 spiro atoms. The number of methoxy groups -OCH3 is 1. The molecule has 3 rings (SSSR count). The van der Waals surface area contributed by atoms with Gasteiger partial charge in [0.05, 0.1) is 25.4 Å². The summed E-state index contributed by atoms with van der Waals surface area (Å²) in [6, 6.07) is 0. The van der Waals surface area contributed by atoms with Gasteiger partial charge >= 0.3 is 5.97 Å². The molecule has 1 aliphatic carbocycles. The normalized spacial score (nSPS) is 20.3. The molecule has 1 aromatic heterocycles. The average Bonchev–Trinajstić information content (AvgIpc) is 3.01. The van der Waals surface area contributed by atoms with Crippen molar-refractivity contribution in [2.24, 2.45) is 5.41 Å². The minimum absolute atomic E-state index is 0.172. The quantitative estimate of drug-likeness (QED) is 0.923. The lowest BCUT2D eigenvalue weighted by atomic mass is 9.76. The smallest absolute Gasteiger partial charge is 0.337 e. The second-order valence-corrected chi connectivity index (χ2v) is 7.97. The van der Waals surface area contributed by atoms with Gasteiger partial charge in [-0.05, 0) is 41.4 Å². The lowest BCUT2D eigenvalue weighted by molar-refractivity contribution is 0.0695. The van der Waals surface area contributed by atoms with Crippen LogP contribution in [0.15, 0.2) is 5.57 Å². The minimum atomic E-state index is -0.818. The van der Waals surface area contributed by atoms with Gasteiger partial charge in [0.25, 0.3) is 0 Å². The van der Waals surface area contributed by atoms with Crippen LogP contribution in [0.1, 0.15) is 45.9 Å². The molecule has 2 heterocycles. The molecule has 0 saturated heterocycles. The number of thiophene rings is 1. The van der Waals surface area contributed by atoms with Gasteiger partial charge in [0.15, 0.2) is 0 Å². The third kappa shape index (κ3) is 2.73. The predicted molar refractivity (Wildman–Crippen MR) is 86.7 cm³/mol. The number of hydrogen-bond donors (Lipinski definition) is 1. The van der Waals surface area contributed by atoms with Crippen molar-refractivity contribution in [3.63, 3.8) is 0 Å². The summed E-state index contributed by atoms with van der Waals surface area (Å²) in [7, 11) is 1.66. The van der Waals surface area contributed by atoms with E-state index in [0.717, 1.165) is 40.8 Å². The maximum atomic E-state index is 11.9. The summed E-state index contributed by atoms with van der Waals surface area (Å²) in [5, 5.41) is 9.77. The maximum Gasteiger partial charge on any atom is 0.337 e. The summed E-state index contributed by atoms with van der Waals surface area (Å²) in [4.78, 5) is 14.0. The van der Waals surface area contributed by atoms with Crippen molar-refractivity contribution >= 4 is 22.9 Å².